The zero-order chi connectivity index (χ0) is 22.0. The van der Waals surface area contributed by atoms with E-state index in [4.69, 9.17) is 0 Å². The van der Waals surface area contributed by atoms with Gasteiger partial charge < -0.3 is 0 Å². The third-order valence-corrected chi connectivity index (χ3v) is 6.21. The summed E-state index contributed by atoms with van der Waals surface area (Å²) < 4.78 is 57.4. The lowest BCUT2D eigenvalue weighted by molar-refractivity contribution is 0.438. The minimum Gasteiger partial charge on any atom is -0.203 e. The van der Waals surface area contributed by atoms with E-state index in [2.05, 4.69) is 0 Å². The normalized spacial score (nSPS) is 16.3. The molecule has 1 aliphatic carbocycles. The summed E-state index contributed by atoms with van der Waals surface area (Å²) in [5.74, 6) is -2.88. The average molecular weight is 424 g/mol. The van der Waals surface area contributed by atoms with Gasteiger partial charge >= 0.3 is 0 Å². The molecule has 0 aromatic heterocycles. The predicted molar refractivity (Wildman–Crippen MR) is 117 cm³/mol. The minimum atomic E-state index is -0.814. The first kappa shape index (κ1) is 21.4. The molecule has 0 aliphatic heterocycles. The number of hydrogen-bond acceptors (Lipinski definition) is 0. The summed E-state index contributed by atoms with van der Waals surface area (Å²) in [6, 6.07) is 15.5. The number of aryl methyl sites for hydroxylation is 2. The van der Waals surface area contributed by atoms with Gasteiger partial charge in [0.15, 0.2) is 23.3 Å². The molecule has 0 N–H and O–H groups in total. The summed E-state index contributed by atoms with van der Waals surface area (Å²) in [5.41, 5.74) is 2.72. The van der Waals surface area contributed by atoms with Crippen LogP contribution in [0.15, 0.2) is 60.7 Å². The van der Waals surface area contributed by atoms with Crippen LogP contribution in [0, 0.1) is 36.1 Å². The van der Waals surface area contributed by atoms with E-state index in [9.17, 15) is 17.6 Å². The highest BCUT2D eigenvalue weighted by atomic mass is 19.2. The Morgan fingerprint density at radius 3 is 2.19 bits per heavy atom. The van der Waals surface area contributed by atoms with Crippen LogP contribution in [0.4, 0.5) is 17.6 Å². The van der Waals surface area contributed by atoms with Gasteiger partial charge in [-0.1, -0.05) is 60.7 Å². The van der Waals surface area contributed by atoms with Gasteiger partial charge in [-0.05, 0) is 67.2 Å². The summed E-state index contributed by atoms with van der Waals surface area (Å²) in [4.78, 5) is 0. The van der Waals surface area contributed by atoms with E-state index in [1.54, 1.807) is 55.5 Å². The molecule has 3 aromatic carbocycles. The van der Waals surface area contributed by atoms with Crippen molar-refractivity contribution in [2.24, 2.45) is 5.92 Å². The lowest BCUT2D eigenvalue weighted by Crippen LogP contribution is -2.09. The van der Waals surface area contributed by atoms with Gasteiger partial charge in [-0.2, -0.15) is 0 Å². The Morgan fingerprint density at radius 1 is 0.774 bits per heavy atom. The van der Waals surface area contributed by atoms with Gasteiger partial charge in [0.2, 0.25) is 0 Å². The topological polar surface area (TPSA) is 0 Å². The first-order valence-electron chi connectivity index (χ1n) is 10.6. The molecule has 31 heavy (non-hydrogen) atoms. The first-order chi connectivity index (χ1) is 15.0. The fourth-order valence-corrected chi connectivity index (χ4v) is 4.27. The van der Waals surface area contributed by atoms with Crippen molar-refractivity contribution >= 4 is 5.57 Å². The second kappa shape index (κ2) is 9.09. The molecular weight excluding hydrogens is 400 g/mol. The Labute approximate surface area is 180 Å². The van der Waals surface area contributed by atoms with Crippen LogP contribution in [0.5, 0.6) is 0 Å². The molecule has 0 nitrogen and oxygen atoms in total. The number of rotatable bonds is 5. The largest absolute Gasteiger partial charge is 0.203 e. The summed E-state index contributed by atoms with van der Waals surface area (Å²) in [5, 5.41) is 0. The summed E-state index contributed by atoms with van der Waals surface area (Å²) in [7, 11) is 0. The molecule has 4 rings (SSSR count). The number of benzene rings is 3. The Kier molecular flexibility index (Phi) is 6.26. The standard InChI is InChI=1S/C27H24F4/c1-17-7-15-22(26(30)24(17)28)20-11-8-18(9-12-20)10-13-21-14-16-23(27(31)25(21)29)19-5-3-2-4-6-19/h2-7,11,14-16,18H,8-10,12-13H2,1H3. The molecule has 4 heteroatoms. The highest BCUT2D eigenvalue weighted by Gasteiger charge is 2.21. The highest BCUT2D eigenvalue weighted by Crippen LogP contribution is 2.35. The zero-order valence-corrected chi connectivity index (χ0v) is 17.4. The zero-order valence-electron chi connectivity index (χ0n) is 17.4. The molecule has 1 aliphatic rings. The van der Waals surface area contributed by atoms with Crippen LogP contribution in [-0.4, -0.2) is 0 Å². The molecule has 1 atom stereocenters. The quantitative estimate of drug-likeness (QED) is 0.364. The fraction of sp³-hybridized carbons (Fsp3) is 0.259. The average Bonchev–Trinajstić information content (AvgIpc) is 2.80. The van der Waals surface area contributed by atoms with Crippen molar-refractivity contribution in [1.82, 2.24) is 0 Å². The summed E-state index contributed by atoms with van der Waals surface area (Å²) >= 11 is 0. The van der Waals surface area contributed by atoms with Gasteiger partial charge in [-0.15, -0.1) is 0 Å². The molecule has 3 aromatic rings. The second-order valence-corrected chi connectivity index (χ2v) is 8.23. The highest BCUT2D eigenvalue weighted by molar-refractivity contribution is 5.67. The smallest absolute Gasteiger partial charge is 0.166 e. The second-order valence-electron chi connectivity index (χ2n) is 8.23. The van der Waals surface area contributed by atoms with Crippen molar-refractivity contribution in [3.8, 4) is 11.1 Å². The maximum Gasteiger partial charge on any atom is 0.166 e. The predicted octanol–water partition coefficient (Wildman–Crippen LogP) is 8.03. The minimum absolute atomic E-state index is 0.263. The summed E-state index contributed by atoms with van der Waals surface area (Å²) in [6.07, 6.45) is 5.29. The molecule has 0 heterocycles. The van der Waals surface area contributed by atoms with E-state index < -0.39 is 23.3 Å². The van der Waals surface area contributed by atoms with Crippen LogP contribution in [0.2, 0.25) is 0 Å². The van der Waals surface area contributed by atoms with Gasteiger partial charge in [0, 0.05) is 11.1 Å². The van der Waals surface area contributed by atoms with Gasteiger partial charge in [-0.25, -0.2) is 17.6 Å². The lowest BCUT2D eigenvalue weighted by atomic mass is 9.83. The molecule has 1 unspecified atom stereocenters. The maximum atomic E-state index is 14.6. The maximum absolute atomic E-state index is 14.6. The van der Waals surface area contributed by atoms with E-state index in [-0.39, 0.29) is 5.56 Å². The van der Waals surface area contributed by atoms with Crippen LogP contribution < -0.4 is 0 Å². The van der Waals surface area contributed by atoms with Gasteiger partial charge in [0.05, 0.1) is 0 Å². The van der Waals surface area contributed by atoms with Gasteiger partial charge in [0.25, 0.3) is 0 Å². The van der Waals surface area contributed by atoms with E-state index in [0.29, 0.717) is 41.0 Å². The van der Waals surface area contributed by atoms with Crippen molar-refractivity contribution in [3.63, 3.8) is 0 Å². The van der Waals surface area contributed by atoms with E-state index in [1.165, 1.54) is 0 Å². The van der Waals surface area contributed by atoms with Crippen LogP contribution in [0.1, 0.15) is 42.4 Å². The SMILES string of the molecule is Cc1ccc(C2=CCC(CCc3ccc(-c4ccccc4)c(F)c3F)CC2)c(F)c1F. The number of allylic oxidation sites excluding steroid dienone is 2. The monoisotopic (exact) mass is 424 g/mol. The van der Waals surface area contributed by atoms with Crippen LogP contribution in [0.25, 0.3) is 16.7 Å². The van der Waals surface area contributed by atoms with E-state index >= 15 is 0 Å². The summed E-state index contributed by atoms with van der Waals surface area (Å²) in [6.45, 7) is 1.54. The molecule has 160 valence electrons. The molecule has 0 bridgehead atoms. The molecule has 0 amide bonds. The van der Waals surface area contributed by atoms with Crippen molar-refractivity contribution in [1.29, 1.82) is 0 Å². The Morgan fingerprint density at radius 2 is 1.48 bits per heavy atom. The Balaban J connectivity index is 1.42. The third-order valence-electron chi connectivity index (χ3n) is 6.21. The number of hydrogen-bond donors (Lipinski definition) is 0. The molecule has 0 radical (unpaired) electrons. The van der Waals surface area contributed by atoms with Crippen LogP contribution in [0.3, 0.4) is 0 Å². The van der Waals surface area contributed by atoms with E-state index in [0.717, 1.165) is 24.8 Å². The molecule has 0 saturated heterocycles. The third kappa shape index (κ3) is 4.43. The van der Waals surface area contributed by atoms with Crippen molar-refractivity contribution in [3.05, 3.63) is 101 Å². The molecule has 0 saturated carbocycles. The van der Waals surface area contributed by atoms with Gasteiger partial charge in [0.1, 0.15) is 0 Å². The van der Waals surface area contributed by atoms with Crippen LogP contribution in [-0.2, 0) is 6.42 Å². The van der Waals surface area contributed by atoms with E-state index in [1.807, 2.05) is 12.1 Å². The van der Waals surface area contributed by atoms with Crippen molar-refractivity contribution in [2.45, 2.75) is 39.0 Å². The first-order valence-corrected chi connectivity index (χ1v) is 10.6. The Bertz CT molecular complexity index is 1120. The molecule has 0 fully saturated rings. The number of halogens is 4. The Hall–Kier alpha value is -2.88. The van der Waals surface area contributed by atoms with Crippen LogP contribution >= 0.6 is 0 Å². The molecule has 0 spiro atoms. The lowest BCUT2D eigenvalue weighted by Gasteiger charge is -2.23. The van der Waals surface area contributed by atoms with Crippen molar-refractivity contribution in [2.75, 3.05) is 0 Å². The molecular formula is C27H24F4. The van der Waals surface area contributed by atoms with Crippen molar-refractivity contribution < 1.29 is 17.6 Å². The van der Waals surface area contributed by atoms with Gasteiger partial charge in [-0.3, -0.25) is 0 Å². The fourth-order valence-electron chi connectivity index (χ4n) is 4.27.